The van der Waals surface area contributed by atoms with Gasteiger partial charge in [0.2, 0.25) is 5.91 Å². The molecule has 4 heteroatoms. The SMILES string of the molecule is CC1CC(CN)CN1C(=O)CCC1CCCCC1.Cl. The molecule has 19 heavy (non-hydrogen) atoms. The Kier molecular flexibility index (Phi) is 7.16. The number of halogens is 1. The molecule has 2 N–H and O–H groups in total. The van der Waals surface area contributed by atoms with Crippen molar-refractivity contribution in [2.45, 2.75) is 64.3 Å². The van der Waals surface area contributed by atoms with Gasteiger partial charge in [0, 0.05) is 19.0 Å². The van der Waals surface area contributed by atoms with Crippen molar-refractivity contribution < 1.29 is 4.79 Å². The second-order valence-electron chi connectivity index (χ2n) is 6.28. The van der Waals surface area contributed by atoms with E-state index in [1.54, 1.807) is 0 Å². The van der Waals surface area contributed by atoms with Crippen LogP contribution in [0.15, 0.2) is 0 Å². The van der Waals surface area contributed by atoms with Gasteiger partial charge in [-0.25, -0.2) is 0 Å². The van der Waals surface area contributed by atoms with Crippen LogP contribution in [0, 0.1) is 11.8 Å². The van der Waals surface area contributed by atoms with Crippen molar-refractivity contribution in [2.75, 3.05) is 13.1 Å². The number of likely N-dealkylation sites (tertiary alicyclic amines) is 1. The molecule has 1 aliphatic heterocycles. The Morgan fingerprint density at radius 3 is 2.47 bits per heavy atom. The first kappa shape index (κ1) is 16.8. The molecule has 0 radical (unpaired) electrons. The van der Waals surface area contributed by atoms with E-state index in [-0.39, 0.29) is 12.4 Å². The Morgan fingerprint density at radius 1 is 1.21 bits per heavy atom. The van der Waals surface area contributed by atoms with Crippen LogP contribution >= 0.6 is 12.4 Å². The third-order valence-corrected chi connectivity index (χ3v) is 4.81. The average Bonchev–Trinajstić information content (AvgIpc) is 2.78. The van der Waals surface area contributed by atoms with Gasteiger partial charge in [-0.15, -0.1) is 12.4 Å². The van der Waals surface area contributed by atoms with Gasteiger partial charge in [0.15, 0.2) is 0 Å². The van der Waals surface area contributed by atoms with E-state index >= 15 is 0 Å². The van der Waals surface area contributed by atoms with Crippen molar-refractivity contribution in [3.63, 3.8) is 0 Å². The summed E-state index contributed by atoms with van der Waals surface area (Å²) in [6.07, 6.45) is 9.77. The van der Waals surface area contributed by atoms with Crippen molar-refractivity contribution in [2.24, 2.45) is 17.6 Å². The van der Waals surface area contributed by atoms with Gasteiger partial charge in [-0.05, 0) is 38.1 Å². The fourth-order valence-electron chi connectivity index (χ4n) is 3.61. The monoisotopic (exact) mass is 288 g/mol. The predicted molar refractivity (Wildman–Crippen MR) is 81.4 cm³/mol. The van der Waals surface area contributed by atoms with Gasteiger partial charge in [-0.2, -0.15) is 0 Å². The van der Waals surface area contributed by atoms with Gasteiger partial charge < -0.3 is 10.6 Å². The summed E-state index contributed by atoms with van der Waals surface area (Å²) in [5.41, 5.74) is 5.71. The number of nitrogens with zero attached hydrogens (tertiary/aromatic N) is 1. The van der Waals surface area contributed by atoms with Crippen LogP contribution in [0.1, 0.15) is 58.3 Å². The number of amides is 1. The molecule has 112 valence electrons. The van der Waals surface area contributed by atoms with Crippen LogP contribution in [-0.4, -0.2) is 29.9 Å². The lowest BCUT2D eigenvalue weighted by Crippen LogP contribution is -2.34. The van der Waals surface area contributed by atoms with Crippen molar-refractivity contribution >= 4 is 18.3 Å². The van der Waals surface area contributed by atoms with Crippen LogP contribution in [0.25, 0.3) is 0 Å². The van der Waals surface area contributed by atoms with Gasteiger partial charge in [0.1, 0.15) is 0 Å². The van der Waals surface area contributed by atoms with Crippen LogP contribution in [0.5, 0.6) is 0 Å². The quantitative estimate of drug-likeness (QED) is 0.864. The van der Waals surface area contributed by atoms with Gasteiger partial charge in [-0.1, -0.05) is 32.1 Å². The highest BCUT2D eigenvalue weighted by atomic mass is 35.5. The predicted octanol–water partition coefficient (Wildman–Crippen LogP) is 2.96. The van der Waals surface area contributed by atoms with Crippen LogP contribution in [-0.2, 0) is 4.79 Å². The lowest BCUT2D eigenvalue weighted by atomic mass is 9.86. The average molecular weight is 289 g/mol. The molecule has 0 aromatic rings. The summed E-state index contributed by atoms with van der Waals surface area (Å²) >= 11 is 0. The van der Waals surface area contributed by atoms with E-state index in [0.29, 0.717) is 17.9 Å². The minimum atomic E-state index is 0. The summed E-state index contributed by atoms with van der Waals surface area (Å²) in [7, 11) is 0. The number of carbonyl (C=O) groups excluding carboxylic acids is 1. The molecule has 0 spiro atoms. The van der Waals surface area contributed by atoms with Crippen LogP contribution < -0.4 is 5.73 Å². The third-order valence-electron chi connectivity index (χ3n) is 4.81. The van der Waals surface area contributed by atoms with E-state index in [0.717, 1.165) is 38.3 Å². The summed E-state index contributed by atoms with van der Waals surface area (Å²) in [6, 6.07) is 0.400. The Balaban J connectivity index is 0.00000180. The Bertz CT molecular complexity index is 279. The fraction of sp³-hybridized carbons (Fsp3) is 0.933. The van der Waals surface area contributed by atoms with Crippen molar-refractivity contribution in [1.82, 2.24) is 4.90 Å². The summed E-state index contributed by atoms with van der Waals surface area (Å²) in [4.78, 5) is 14.3. The molecule has 2 rings (SSSR count). The molecule has 2 atom stereocenters. The van der Waals surface area contributed by atoms with E-state index in [4.69, 9.17) is 5.73 Å². The molecule has 0 aromatic carbocycles. The standard InChI is InChI=1S/C15H28N2O.ClH/c1-12-9-14(10-16)11-17(12)15(18)8-7-13-5-3-2-4-6-13;/h12-14H,2-11,16H2,1H3;1H. The third kappa shape index (κ3) is 4.64. The summed E-state index contributed by atoms with van der Waals surface area (Å²) in [5, 5.41) is 0. The van der Waals surface area contributed by atoms with E-state index in [9.17, 15) is 4.79 Å². The smallest absolute Gasteiger partial charge is 0.222 e. The molecule has 2 unspecified atom stereocenters. The molecule has 0 bridgehead atoms. The molecular formula is C15H29ClN2O. The second-order valence-corrected chi connectivity index (χ2v) is 6.28. The second kappa shape index (κ2) is 8.11. The molecule has 1 aliphatic carbocycles. The molecule has 1 saturated heterocycles. The van der Waals surface area contributed by atoms with Gasteiger partial charge >= 0.3 is 0 Å². The van der Waals surface area contributed by atoms with E-state index in [2.05, 4.69) is 11.8 Å². The highest BCUT2D eigenvalue weighted by Crippen LogP contribution is 2.29. The van der Waals surface area contributed by atoms with Gasteiger partial charge in [0.25, 0.3) is 0 Å². The molecule has 1 heterocycles. The first-order valence-electron chi connectivity index (χ1n) is 7.70. The summed E-state index contributed by atoms with van der Waals surface area (Å²) in [5.74, 6) is 1.70. The summed E-state index contributed by atoms with van der Waals surface area (Å²) < 4.78 is 0. The molecule has 1 amide bonds. The number of carbonyl (C=O) groups is 1. The minimum Gasteiger partial charge on any atom is -0.340 e. The van der Waals surface area contributed by atoms with Crippen LogP contribution in [0.2, 0.25) is 0 Å². The van der Waals surface area contributed by atoms with Gasteiger partial charge in [0.05, 0.1) is 0 Å². The van der Waals surface area contributed by atoms with Crippen molar-refractivity contribution in [3.8, 4) is 0 Å². The molecular weight excluding hydrogens is 260 g/mol. The van der Waals surface area contributed by atoms with E-state index < -0.39 is 0 Å². The normalized spacial score (nSPS) is 28.2. The molecule has 3 nitrogen and oxygen atoms in total. The number of nitrogens with two attached hydrogens (primary N) is 1. The summed E-state index contributed by atoms with van der Waals surface area (Å²) in [6.45, 7) is 3.77. The van der Waals surface area contributed by atoms with Gasteiger partial charge in [-0.3, -0.25) is 4.79 Å². The highest BCUT2D eigenvalue weighted by molar-refractivity contribution is 5.85. The zero-order valence-electron chi connectivity index (χ0n) is 12.1. The first-order valence-corrected chi connectivity index (χ1v) is 7.70. The number of hydrogen-bond donors (Lipinski definition) is 1. The Labute approximate surface area is 123 Å². The Hall–Kier alpha value is -0.280. The van der Waals surface area contributed by atoms with E-state index in [1.165, 1.54) is 32.1 Å². The minimum absolute atomic E-state index is 0. The largest absolute Gasteiger partial charge is 0.340 e. The maximum Gasteiger partial charge on any atom is 0.222 e. The highest BCUT2D eigenvalue weighted by Gasteiger charge is 2.31. The maximum atomic E-state index is 12.2. The topological polar surface area (TPSA) is 46.3 Å². The molecule has 2 fully saturated rings. The molecule has 2 aliphatic rings. The molecule has 0 aromatic heterocycles. The number of rotatable bonds is 4. The lowest BCUT2D eigenvalue weighted by molar-refractivity contribution is -0.132. The molecule has 1 saturated carbocycles. The fourth-order valence-corrected chi connectivity index (χ4v) is 3.61. The van der Waals surface area contributed by atoms with E-state index in [1.807, 2.05) is 0 Å². The van der Waals surface area contributed by atoms with Crippen LogP contribution in [0.4, 0.5) is 0 Å². The first-order chi connectivity index (χ1) is 8.70. The lowest BCUT2D eigenvalue weighted by Gasteiger charge is -2.25. The maximum absolute atomic E-state index is 12.2. The zero-order chi connectivity index (χ0) is 13.0. The Morgan fingerprint density at radius 2 is 1.89 bits per heavy atom. The van der Waals surface area contributed by atoms with Crippen LogP contribution in [0.3, 0.4) is 0 Å². The van der Waals surface area contributed by atoms with Crippen molar-refractivity contribution in [3.05, 3.63) is 0 Å². The number of hydrogen-bond acceptors (Lipinski definition) is 2. The van der Waals surface area contributed by atoms with Crippen molar-refractivity contribution in [1.29, 1.82) is 0 Å². The zero-order valence-corrected chi connectivity index (χ0v) is 13.0.